The first-order valence-corrected chi connectivity index (χ1v) is 27.4. The number of imidazole rings is 1. The molecule has 0 bridgehead atoms. The molecule has 4 heterocycles. The molecule has 446 valence electrons. The molecule has 2 aromatic carbocycles. The molecule has 2 aliphatic heterocycles. The number of para-hydroxylation sites is 1. The van der Waals surface area contributed by atoms with Gasteiger partial charge in [-0.25, -0.2) is 4.98 Å². The summed E-state index contributed by atoms with van der Waals surface area (Å²) < 4.78 is 0. The van der Waals surface area contributed by atoms with Gasteiger partial charge in [0.05, 0.1) is 18.8 Å². The second-order valence-electron chi connectivity index (χ2n) is 20.4. The van der Waals surface area contributed by atoms with Gasteiger partial charge in [0, 0.05) is 87.8 Å². The number of H-pyrrole nitrogens is 2. The van der Waals surface area contributed by atoms with Crippen LogP contribution in [-0.4, -0.2) is 165 Å². The smallest absolute Gasteiger partial charge is 0.243 e. The fraction of sp³-hybridized carbons (Fsp3) is 0.463. The van der Waals surface area contributed by atoms with Crippen LogP contribution in [0.2, 0.25) is 0 Å². The molecule has 2 saturated heterocycles. The van der Waals surface area contributed by atoms with Gasteiger partial charge < -0.3 is 86.1 Å². The third kappa shape index (κ3) is 19.6. The number of benzene rings is 2. The van der Waals surface area contributed by atoms with E-state index in [-0.39, 0.29) is 95.9 Å². The maximum Gasteiger partial charge on any atom is 0.243 e. The van der Waals surface area contributed by atoms with Gasteiger partial charge in [0.25, 0.3) is 0 Å². The predicted octanol–water partition coefficient (Wildman–Crippen LogP) is -3.78. The van der Waals surface area contributed by atoms with Gasteiger partial charge in [-0.2, -0.15) is 0 Å². The number of primary amides is 1. The molecular formula is C54H75N19O10. The first kappa shape index (κ1) is 62.6. The van der Waals surface area contributed by atoms with E-state index in [9.17, 15) is 47.9 Å². The van der Waals surface area contributed by atoms with Crippen LogP contribution in [-0.2, 0) is 67.2 Å². The first-order chi connectivity index (χ1) is 39.7. The van der Waals surface area contributed by atoms with Gasteiger partial charge in [0.15, 0.2) is 11.9 Å². The summed E-state index contributed by atoms with van der Waals surface area (Å²) in [5.41, 5.74) is 30.2. The second-order valence-corrected chi connectivity index (χ2v) is 20.4. The van der Waals surface area contributed by atoms with Gasteiger partial charge >= 0.3 is 0 Å². The van der Waals surface area contributed by atoms with Crippen LogP contribution in [0.3, 0.4) is 0 Å². The Kier molecular flexibility index (Phi) is 23.3. The van der Waals surface area contributed by atoms with Crippen molar-refractivity contribution in [1.29, 1.82) is 0 Å². The molecule has 29 heteroatoms. The number of nitrogens with one attached hydrogen (secondary N) is 10. The number of aliphatic imine (C=N–C) groups is 2. The van der Waals surface area contributed by atoms with Crippen molar-refractivity contribution in [2.75, 3.05) is 26.2 Å². The molecule has 8 atom stereocenters. The van der Waals surface area contributed by atoms with Crippen molar-refractivity contribution in [3.05, 3.63) is 90.1 Å². The highest BCUT2D eigenvalue weighted by Crippen LogP contribution is 2.21. The number of nitrogens with zero attached hydrogens (tertiary/aromatic N) is 4. The van der Waals surface area contributed by atoms with E-state index in [2.05, 4.69) is 67.5 Å². The lowest BCUT2D eigenvalue weighted by Gasteiger charge is -2.39. The summed E-state index contributed by atoms with van der Waals surface area (Å²) in [7, 11) is 0. The summed E-state index contributed by atoms with van der Waals surface area (Å²) in [6.45, 7) is 1.47. The molecule has 0 aliphatic carbocycles. The highest BCUT2D eigenvalue weighted by atomic mass is 16.2. The van der Waals surface area contributed by atoms with Crippen LogP contribution in [0.25, 0.3) is 10.9 Å². The molecule has 83 heavy (non-hydrogen) atoms. The molecule has 0 spiro atoms. The van der Waals surface area contributed by atoms with Gasteiger partial charge in [-0.15, -0.1) is 0 Å². The summed E-state index contributed by atoms with van der Waals surface area (Å²) in [5.74, 6) is -8.00. The minimum Gasteiger partial charge on any atom is -0.370 e. The van der Waals surface area contributed by atoms with Crippen molar-refractivity contribution < 1.29 is 47.9 Å². The monoisotopic (exact) mass is 1150 g/mol. The SMILES string of the molecule is CC(=O)N1C[C@H](CC(=O)N[C@H]2CC(=O)NCCCC[C@@H](C(N)=O)NC(=O)[C@H](Cc3c[nH]c4ccccc34)NC(=O)[C@H](CCCN=C(N)N)NC(=O)[C@@H](Cc3ccccc3)NC(=O)[C@H](Cc3cnc[nH]3)NC2=O)NC(=O)[C@@H]1CCCN=C(N)N. The number of fused-ring (bicyclic) bond motifs is 1. The zero-order valence-corrected chi connectivity index (χ0v) is 46.1. The maximum absolute atomic E-state index is 14.8. The highest BCUT2D eigenvalue weighted by molar-refractivity contribution is 5.99. The molecular weight excluding hydrogens is 1070 g/mol. The minimum atomic E-state index is -1.65. The minimum absolute atomic E-state index is 0.00115. The topological polar surface area (TPSA) is 469 Å². The first-order valence-electron chi connectivity index (χ1n) is 27.4. The number of rotatable bonds is 18. The number of carbonyl (C=O) groups excluding carboxylic acids is 10. The number of nitrogens with two attached hydrogens (primary N) is 5. The van der Waals surface area contributed by atoms with Crippen LogP contribution in [0, 0.1) is 0 Å². The number of amides is 10. The molecule has 2 aliphatic rings. The standard InChI is InChI=1S/C54H75N19O10/c1-30(74)73-28-34(66-52(83)43(73)17-10-20-63-54(58)59)24-45(76)67-42-25-44(75)61-18-8-7-15-37(46(55)77)68-49(80)40(22-32-26-64-36-14-6-5-13-35(32)36)71-47(78)38(16-9-19-62-53(56)57)69-48(79)39(21-31-11-3-2-4-12-31)70-50(81)41(72-51(42)82)23-33-27-60-29-65-33/h2-6,11-14,26-27,29,34,37-43,64H,7-10,15-25,28H2,1H3,(H2,55,77)(H,60,65)(H,61,75)(H,66,83)(H,67,76)(H,68,80)(H,69,79)(H,70,81)(H,71,78)(H,72,82)(H4,56,57,62)(H4,58,59,63)/t34-,37-,38-,39+,40-,41-,42-,43-/m0/s1. The Labute approximate surface area is 478 Å². The summed E-state index contributed by atoms with van der Waals surface area (Å²) in [6.07, 6.45) is 4.03. The molecule has 0 unspecified atom stereocenters. The number of aromatic nitrogens is 3. The Hall–Kier alpha value is -9.57. The molecule has 20 N–H and O–H groups in total. The second kappa shape index (κ2) is 30.9. The van der Waals surface area contributed by atoms with Gasteiger partial charge in [0.1, 0.15) is 42.3 Å². The van der Waals surface area contributed by atoms with Gasteiger partial charge in [-0.1, -0.05) is 48.5 Å². The Morgan fingerprint density at radius 1 is 0.675 bits per heavy atom. The Morgan fingerprint density at radius 3 is 1.95 bits per heavy atom. The van der Waals surface area contributed by atoms with Crippen molar-refractivity contribution in [2.45, 2.75) is 132 Å². The molecule has 2 aromatic heterocycles. The van der Waals surface area contributed by atoms with E-state index < -0.39 is 120 Å². The largest absolute Gasteiger partial charge is 0.370 e. The molecule has 0 radical (unpaired) electrons. The van der Waals surface area contributed by atoms with Crippen molar-refractivity contribution in [2.24, 2.45) is 38.7 Å². The third-order valence-corrected chi connectivity index (χ3v) is 14.0. The summed E-state index contributed by atoms with van der Waals surface area (Å²) >= 11 is 0. The lowest BCUT2D eigenvalue weighted by atomic mass is 10.0. The van der Waals surface area contributed by atoms with Crippen LogP contribution in [0.4, 0.5) is 0 Å². The third-order valence-electron chi connectivity index (χ3n) is 14.0. The lowest BCUT2D eigenvalue weighted by Crippen LogP contribution is -2.62. The molecule has 6 rings (SSSR count). The normalized spacial score (nSPS) is 22.7. The van der Waals surface area contributed by atoms with Crippen molar-refractivity contribution in [3.8, 4) is 0 Å². The van der Waals surface area contributed by atoms with Gasteiger partial charge in [-0.05, 0) is 62.1 Å². The van der Waals surface area contributed by atoms with Crippen LogP contribution >= 0.6 is 0 Å². The van der Waals surface area contributed by atoms with E-state index in [0.717, 1.165) is 10.9 Å². The predicted molar refractivity (Wildman–Crippen MR) is 304 cm³/mol. The van der Waals surface area contributed by atoms with Crippen molar-refractivity contribution in [3.63, 3.8) is 0 Å². The molecule has 0 saturated carbocycles. The molecule has 29 nitrogen and oxygen atoms in total. The average molecular weight is 1150 g/mol. The summed E-state index contributed by atoms with van der Waals surface area (Å²) in [4.78, 5) is 159. The lowest BCUT2D eigenvalue weighted by molar-refractivity contribution is -0.144. The zero-order chi connectivity index (χ0) is 60.0. The molecule has 4 aromatic rings. The van der Waals surface area contributed by atoms with Crippen LogP contribution in [0.1, 0.15) is 81.5 Å². The molecule has 10 amide bonds. The van der Waals surface area contributed by atoms with Crippen LogP contribution < -0.4 is 71.2 Å². The summed E-state index contributed by atoms with van der Waals surface area (Å²) in [6, 6.07) is 5.55. The van der Waals surface area contributed by atoms with E-state index in [1.54, 1.807) is 36.5 Å². The quantitative estimate of drug-likeness (QED) is 0.0258. The highest BCUT2D eigenvalue weighted by Gasteiger charge is 2.38. The van der Waals surface area contributed by atoms with E-state index >= 15 is 0 Å². The van der Waals surface area contributed by atoms with Crippen molar-refractivity contribution >= 4 is 81.9 Å². The zero-order valence-electron chi connectivity index (χ0n) is 46.1. The molecule has 2 fully saturated rings. The van der Waals surface area contributed by atoms with Gasteiger partial charge in [-0.3, -0.25) is 57.9 Å². The number of hydrogen-bond donors (Lipinski definition) is 15. The fourth-order valence-corrected chi connectivity index (χ4v) is 9.77. The Morgan fingerprint density at radius 2 is 1.29 bits per heavy atom. The van der Waals surface area contributed by atoms with E-state index in [1.165, 1.54) is 24.3 Å². The Balaban J connectivity index is 1.32. The van der Waals surface area contributed by atoms with Crippen LogP contribution in [0.5, 0.6) is 0 Å². The Bertz CT molecular complexity index is 2980. The van der Waals surface area contributed by atoms with Gasteiger partial charge in [0.2, 0.25) is 59.1 Å². The number of guanidine groups is 2. The average Bonchev–Trinajstić information content (AvgIpc) is 4.24. The van der Waals surface area contributed by atoms with Crippen molar-refractivity contribution in [1.82, 2.24) is 62.4 Å². The number of hydrogen-bond acceptors (Lipinski definition) is 13. The maximum atomic E-state index is 14.8. The number of piperazine rings is 1. The van der Waals surface area contributed by atoms with E-state index in [4.69, 9.17) is 28.7 Å². The van der Waals surface area contributed by atoms with E-state index in [0.29, 0.717) is 23.2 Å². The van der Waals surface area contributed by atoms with Crippen LogP contribution in [0.15, 0.2) is 83.3 Å². The fourth-order valence-electron chi connectivity index (χ4n) is 9.77. The number of carbonyl (C=O) groups is 10. The van der Waals surface area contributed by atoms with E-state index in [1.807, 2.05) is 24.3 Å². The number of aromatic amines is 2. The summed E-state index contributed by atoms with van der Waals surface area (Å²) in [5, 5.41) is 22.4.